The number of benzene rings is 1. The highest BCUT2D eigenvalue weighted by Gasteiger charge is 2.31. The lowest BCUT2D eigenvalue weighted by atomic mass is 10.1. The Balaban J connectivity index is 1.87. The summed E-state index contributed by atoms with van der Waals surface area (Å²) in [5.74, 6) is 0. The third kappa shape index (κ3) is 3.98. The van der Waals surface area contributed by atoms with E-state index >= 15 is 0 Å². The van der Waals surface area contributed by atoms with Crippen molar-refractivity contribution in [3.05, 3.63) is 59.9 Å². The van der Waals surface area contributed by atoms with Crippen molar-refractivity contribution in [2.24, 2.45) is 0 Å². The van der Waals surface area contributed by atoms with Crippen molar-refractivity contribution in [2.75, 3.05) is 11.9 Å². The summed E-state index contributed by atoms with van der Waals surface area (Å²) in [4.78, 5) is 3.39. The molecule has 0 fully saturated rings. The maximum absolute atomic E-state index is 12.3. The van der Waals surface area contributed by atoms with Gasteiger partial charge in [-0.05, 0) is 24.1 Å². The quantitative estimate of drug-likeness (QED) is 0.911. The molecule has 1 aromatic carbocycles. The van der Waals surface area contributed by atoms with Crippen molar-refractivity contribution in [1.82, 2.24) is 4.98 Å². The molecule has 100 valence electrons. The Labute approximate surface area is 109 Å². The molecule has 0 aliphatic rings. The molecular formula is C14H13F3N2. The molecule has 0 unspecified atom stereocenters. The Morgan fingerprint density at radius 1 is 1.00 bits per heavy atom. The largest absolute Gasteiger partial charge is 0.433 e. The molecule has 1 N–H and O–H groups in total. The highest BCUT2D eigenvalue weighted by molar-refractivity contribution is 5.41. The van der Waals surface area contributed by atoms with Crippen LogP contribution in [-0.2, 0) is 12.6 Å². The fourth-order valence-electron chi connectivity index (χ4n) is 1.66. The van der Waals surface area contributed by atoms with Crippen molar-refractivity contribution in [3.8, 4) is 0 Å². The number of anilines is 1. The van der Waals surface area contributed by atoms with Crippen molar-refractivity contribution in [3.63, 3.8) is 0 Å². The molecule has 0 spiro atoms. The van der Waals surface area contributed by atoms with Gasteiger partial charge in [-0.3, -0.25) is 0 Å². The first-order valence-corrected chi connectivity index (χ1v) is 5.87. The number of nitrogens with one attached hydrogen (secondary N) is 1. The summed E-state index contributed by atoms with van der Waals surface area (Å²) >= 11 is 0. The monoisotopic (exact) mass is 266 g/mol. The van der Waals surface area contributed by atoms with Gasteiger partial charge in [0.25, 0.3) is 0 Å². The van der Waals surface area contributed by atoms with E-state index in [-0.39, 0.29) is 0 Å². The fraction of sp³-hybridized carbons (Fsp3) is 0.214. The maximum Gasteiger partial charge on any atom is 0.433 e. The van der Waals surface area contributed by atoms with Gasteiger partial charge >= 0.3 is 6.18 Å². The zero-order valence-electron chi connectivity index (χ0n) is 10.1. The normalized spacial score (nSPS) is 11.3. The average molecular weight is 266 g/mol. The van der Waals surface area contributed by atoms with E-state index in [0.29, 0.717) is 12.2 Å². The third-order valence-corrected chi connectivity index (χ3v) is 2.64. The topological polar surface area (TPSA) is 24.9 Å². The second kappa shape index (κ2) is 5.73. The summed E-state index contributed by atoms with van der Waals surface area (Å²) in [5, 5.41) is 3.04. The standard InChI is InChI=1S/C14H13F3N2/c15-14(16,17)13-7-6-12(10-19-13)18-9-8-11-4-2-1-3-5-11/h1-7,10,18H,8-9H2. The molecule has 0 saturated carbocycles. The van der Waals surface area contributed by atoms with Gasteiger partial charge in [-0.15, -0.1) is 0 Å². The third-order valence-electron chi connectivity index (χ3n) is 2.64. The van der Waals surface area contributed by atoms with Gasteiger partial charge in [-0.2, -0.15) is 13.2 Å². The van der Waals surface area contributed by atoms with Crippen LogP contribution in [0, 0.1) is 0 Å². The second-order valence-corrected chi connectivity index (χ2v) is 4.09. The predicted molar refractivity (Wildman–Crippen MR) is 67.9 cm³/mol. The van der Waals surface area contributed by atoms with E-state index in [1.54, 1.807) is 0 Å². The lowest BCUT2D eigenvalue weighted by molar-refractivity contribution is -0.141. The minimum absolute atomic E-state index is 0.587. The summed E-state index contributed by atoms with van der Waals surface area (Å²) in [6, 6.07) is 12.2. The van der Waals surface area contributed by atoms with Crippen LogP contribution in [0.1, 0.15) is 11.3 Å². The number of hydrogen-bond acceptors (Lipinski definition) is 2. The smallest absolute Gasteiger partial charge is 0.383 e. The molecule has 0 saturated heterocycles. The molecule has 2 aromatic rings. The Kier molecular flexibility index (Phi) is 4.04. The first kappa shape index (κ1) is 13.4. The molecule has 0 atom stereocenters. The molecular weight excluding hydrogens is 253 g/mol. The van der Waals surface area contributed by atoms with Crippen LogP contribution in [0.15, 0.2) is 48.7 Å². The minimum Gasteiger partial charge on any atom is -0.383 e. The van der Waals surface area contributed by atoms with E-state index in [1.165, 1.54) is 17.8 Å². The maximum atomic E-state index is 12.3. The molecule has 2 nitrogen and oxygen atoms in total. The van der Waals surface area contributed by atoms with E-state index in [0.717, 1.165) is 12.5 Å². The Hall–Kier alpha value is -2.04. The lowest BCUT2D eigenvalue weighted by Gasteiger charge is -2.08. The first-order chi connectivity index (χ1) is 9.05. The van der Waals surface area contributed by atoms with Crippen LogP contribution in [0.3, 0.4) is 0 Å². The van der Waals surface area contributed by atoms with Crippen LogP contribution in [-0.4, -0.2) is 11.5 Å². The Morgan fingerprint density at radius 2 is 1.74 bits per heavy atom. The summed E-state index contributed by atoms with van der Waals surface area (Å²) in [5.41, 5.74) is 0.889. The fourth-order valence-corrected chi connectivity index (χ4v) is 1.66. The molecule has 0 radical (unpaired) electrons. The molecule has 0 aliphatic heterocycles. The van der Waals surface area contributed by atoms with E-state index in [9.17, 15) is 13.2 Å². The van der Waals surface area contributed by atoms with Gasteiger partial charge in [-0.25, -0.2) is 4.98 Å². The Bertz CT molecular complexity index is 506. The molecule has 0 bridgehead atoms. The minimum atomic E-state index is -4.39. The number of nitrogens with zero attached hydrogens (tertiary/aromatic N) is 1. The van der Waals surface area contributed by atoms with E-state index in [4.69, 9.17) is 0 Å². The highest BCUT2D eigenvalue weighted by Crippen LogP contribution is 2.27. The zero-order chi connectivity index (χ0) is 13.7. The summed E-state index contributed by atoms with van der Waals surface area (Å²) < 4.78 is 36.9. The number of hydrogen-bond donors (Lipinski definition) is 1. The number of alkyl halides is 3. The summed E-state index contributed by atoms with van der Waals surface area (Å²) in [7, 11) is 0. The van der Waals surface area contributed by atoms with Gasteiger partial charge in [0, 0.05) is 6.54 Å². The number of aromatic nitrogens is 1. The van der Waals surface area contributed by atoms with Gasteiger partial charge in [0.15, 0.2) is 0 Å². The van der Waals surface area contributed by atoms with Crippen LogP contribution >= 0.6 is 0 Å². The summed E-state index contributed by atoms with van der Waals surface area (Å²) in [6.45, 7) is 0.650. The van der Waals surface area contributed by atoms with Crippen molar-refractivity contribution < 1.29 is 13.2 Å². The molecule has 0 aliphatic carbocycles. The first-order valence-electron chi connectivity index (χ1n) is 5.87. The SMILES string of the molecule is FC(F)(F)c1ccc(NCCc2ccccc2)cn1. The Morgan fingerprint density at radius 3 is 2.32 bits per heavy atom. The lowest BCUT2D eigenvalue weighted by Crippen LogP contribution is -2.09. The van der Waals surface area contributed by atoms with E-state index in [2.05, 4.69) is 10.3 Å². The molecule has 2 rings (SSSR count). The molecule has 0 amide bonds. The van der Waals surface area contributed by atoms with E-state index in [1.807, 2.05) is 30.3 Å². The highest BCUT2D eigenvalue weighted by atomic mass is 19.4. The van der Waals surface area contributed by atoms with Crippen LogP contribution < -0.4 is 5.32 Å². The van der Waals surface area contributed by atoms with E-state index < -0.39 is 11.9 Å². The molecule has 19 heavy (non-hydrogen) atoms. The predicted octanol–water partition coefficient (Wildman–Crippen LogP) is 3.76. The zero-order valence-corrected chi connectivity index (χ0v) is 10.1. The number of rotatable bonds is 4. The van der Waals surface area contributed by atoms with Crippen LogP contribution in [0.4, 0.5) is 18.9 Å². The van der Waals surface area contributed by atoms with Crippen molar-refractivity contribution in [1.29, 1.82) is 0 Å². The number of halogens is 3. The van der Waals surface area contributed by atoms with Gasteiger partial charge in [0.2, 0.25) is 0 Å². The van der Waals surface area contributed by atoms with Gasteiger partial charge < -0.3 is 5.32 Å². The van der Waals surface area contributed by atoms with Gasteiger partial charge in [0.1, 0.15) is 5.69 Å². The summed E-state index contributed by atoms with van der Waals surface area (Å²) in [6.07, 6.45) is -2.38. The van der Waals surface area contributed by atoms with Gasteiger partial charge in [-0.1, -0.05) is 30.3 Å². The van der Waals surface area contributed by atoms with Crippen molar-refractivity contribution >= 4 is 5.69 Å². The number of pyridine rings is 1. The average Bonchev–Trinajstić information content (AvgIpc) is 2.39. The van der Waals surface area contributed by atoms with Crippen LogP contribution in [0.25, 0.3) is 0 Å². The molecule has 1 aromatic heterocycles. The van der Waals surface area contributed by atoms with Crippen molar-refractivity contribution in [2.45, 2.75) is 12.6 Å². The molecule has 5 heteroatoms. The van der Waals surface area contributed by atoms with Crippen LogP contribution in [0.5, 0.6) is 0 Å². The van der Waals surface area contributed by atoms with Gasteiger partial charge in [0.05, 0.1) is 11.9 Å². The van der Waals surface area contributed by atoms with Crippen LogP contribution in [0.2, 0.25) is 0 Å². The second-order valence-electron chi connectivity index (χ2n) is 4.09. The molecule has 1 heterocycles.